The highest BCUT2D eigenvalue weighted by Crippen LogP contribution is 2.23. The number of hydrogen-bond donors (Lipinski definition) is 1. The van der Waals surface area contributed by atoms with Crippen LogP contribution in [0.25, 0.3) is 0 Å². The highest BCUT2D eigenvalue weighted by molar-refractivity contribution is 7.99. The van der Waals surface area contributed by atoms with E-state index in [0.29, 0.717) is 0 Å². The summed E-state index contributed by atoms with van der Waals surface area (Å²) in [5, 5.41) is 0. The summed E-state index contributed by atoms with van der Waals surface area (Å²) < 4.78 is 0. The normalized spacial score (nSPS) is 20.6. The van der Waals surface area contributed by atoms with Crippen molar-refractivity contribution < 1.29 is 0 Å². The number of anilines is 1. The summed E-state index contributed by atoms with van der Waals surface area (Å²) in [6, 6.07) is 7.15. The molecule has 2 nitrogen and oxygen atoms in total. The zero-order valence-electron chi connectivity index (χ0n) is 10.1. The van der Waals surface area contributed by atoms with E-state index in [1.165, 1.54) is 29.1 Å². The molecule has 2 N–H and O–H groups in total. The Morgan fingerprint density at radius 3 is 2.94 bits per heavy atom. The third kappa shape index (κ3) is 2.71. The Balaban J connectivity index is 1.99. The maximum Gasteiger partial charge on any atom is 0.0346 e. The van der Waals surface area contributed by atoms with Crippen molar-refractivity contribution in [2.24, 2.45) is 0 Å². The van der Waals surface area contributed by atoms with Crippen LogP contribution < -0.4 is 5.73 Å². The van der Waals surface area contributed by atoms with Crippen LogP contribution in [0.1, 0.15) is 17.5 Å². The highest BCUT2D eigenvalue weighted by atomic mass is 32.2. The predicted octanol–water partition coefficient (Wildman–Crippen LogP) is 2.51. The lowest BCUT2D eigenvalue weighted by Crippen LogP contribution is -2.30. The summed E-state index contributed by atoms with van der Waals surface area (Å²) in [5.74, 6) is 2.59. The van der Waals surface area contributed by atoms with Gasteiger partial charge in [-0.1, -0.05) is 12.1 Å². The molecule has 1 atom stereocenters. The van der Waals surface area contributed by atoms with Crippen molar-refractivity contribution in [3.63, 3.8) is 0 Å². The van der Waals surface area contributed by atoms with Crippen molar-refractivity contribution in [1.29, 1.82) is 0 Å². The summed E-state index contributed by atoms with van der Waals surface area (Å²) in [4.78, 5) is 2.45. The van der Waals surface area contributed by atoms with E-state index in [9.17, 15) is 0 Å². The first-order valence-electron chi connectivity index (χ1n) is 5.80. The Morgan fingerprint density at radius 1 is 1.50 bits per heavy atom. The second-order valence-corrected chi connectivity index (χ2v) is 5.77. The first-order chi connectivity index (χ1) is 7.66. The van der Waals surface area contributed by atoms with Crippen molar-refractivity contribution in [2.45, 2.75) is 25.9 Å². The lowest BCUT2D eigenvalue weighted by atomic mass is 10.1. The average Bonchev–Trinajstić information content (AvgIpc) is 2.77. The van der Waals surface area contributed by atoms with Crippen LogP contribution in [0.15, 0.2) is 18.2 Å². The van der Waals surface area contributed by atoms with Crippen LogP contribution in [0.3, 0.4) is 0 Å². The van der Waals surface area contributed by atoms with Crippen LogP contribution in [0, 0.1) is 6.92 Å². The molecule has 0 aliphatic carbocycles. The minimum atomic E-state index is 0.743. The summed E-state index contributed by atoms with van der Waals surface area (Å²) in [6.07, 6.45) is 1.32. The topological polar surface area (TPSA) is 29.3 Å². The molecule has 1 aromatic carbocycles. The van der Waals surface area contributed by atoms with E-state index >= 15 is 0 Å². The maximum atomic E-state index is 5.93. The molecule has 1 aliphatic rings. The zero-order chi connectivity index (χ0) is 11.5. The van der Waals surface area contributed by atoms with Gasteiger partial charge in [-0.3, -0.25) is 4.90 Å². The minimum absolute atomic E-state index is 0.743. The zero-order valence-corrected chi connectivity index (χ0v) is 10.9. The molecule has 1 aromatic rings. The summed E-state index contributed by atoms with van der Waals surface area (Å²) in [7, 11) is 2.21. The van der Waals surface area contributed by atoms with Gasteiger partial charge in [-0.2, -0.15) is 11.8 Å². The van der Waals surface area contributed by atoms with Gasteiger partial charge in [0.1, 0.15) is 0 Å². The van der Waals surface area contributed by atoms with E-state index < -0.39 is 0 Å². The molecular weight excluding hydrogens is 216 g/mol. The first kappa shape index (κ1) is 11.8. The van der Waals surface area contributed by atoms with Crippen molar-refractivity contribution >= 4 is 17.4 Å². The van der Waals surface area contributed by atoms with Crippen molar-refractivity contribution in [1.82, 2.24) is 4.90 Å². The molecule has 0 saturated carbocycles. The van der Waals surface area contributed by atoms with Gasteiger partial charge in [0, 0.05) is 24.0 Å². The fraction of sp³-hybridized carbons (Fsp3) is 0.538. The molecule has 1 saturated heterocycles. The number of nitrogens with zero attached hydrogens (tertiary/aromatic N) is 1. The largest absolute Gasteiger partial charge is 0.399 e. The van der Waals surface area contributed by atoms with Gasteiger partial charge in [-0.25, -0.2) is 0 Å². The molecule has 16 heavy (non-hydrogen) atoms. The summed E-state index contributed by atoms with van der Waals surface area (Å²) in [5.41, 5.74) is 9.33. The Bertz CT molecular complexity index is 359. The molecule has 0 amide bonds. The highest BCUT2D eigenvalue weighted by Gasteiger charge is 2.19. The number of nitrogen functional groups attached to an aromatic ring is 1. The third-order valence-electron chi connectivity index (χ3n) is 3.30. The molecule has 88 valence electrons. The molecular formula is C13H20N2S. The fourth-order valence-corrected chi connectivity index (χ4v) is 3.37. The monoisotopic (exact) mass is 236 g/mol. The molecule has 0 aromatic heterocycles. The summed E-state index contributed by atoms with van der Waals surface area (Å²) >= 11 is 2.06. The lowest BCUT2D eigenvalue weighted by molar-refractivity contribution is 0.254. The molecule has 0 bridgehead atoms. The van der Waals surface area contributed by atoms with Crippen molar-refractivity contribution in [2.75, 3.05) is 24.3 Å². The second-order valence-electron chi connectivity index (χ2n) is 4.62. The standard InChI is InChI=1S/C13H20N2S/c1-10-3-4-11(7-13(10)14)8-15(2)12-5-6-16-9-12/h3-4,7,12H,5-6,8-9,14H2,1-2H3. The van der Waals surface area contributed by atoms with Gasteiger partial charge in [-0.05, 0) is 43.3 Å². The number of rotatable bonds is 3. The first-order valence-corrected chi connectivity index (χ1v) is 6.95. The number of thioether (sulfide) groups is 1. The van der Waals surface area contributed by atoms with Crippen LogP contribution in [-0.2, 0) is 6.54 Å². The smallest absolute Gasteiger partial charge is 0.0346 e. The van der Waals surface area contributed by atoms with E-state index in [-0.39, 0.29) is 0 Å². The molecule has 0 spiro atoms. The van der Waals surface area contributed by atoms with Crippen LogP contribution in [0.2, 0.25) is 0 Å². The van der Waals surface area contributed by atoms with E-state index in [2.05, 4.69) is 48.8 Å². The Morgan fingerprint density at radius 2 is 2.31 bits per heavy atom. The fourth-order valence-electron chi connectivity index (χ4n) is 2.08. The van der Waals surface area contributed by atoms with E-state index in [4.69, 9.17) is 5.73 Å². The van der Waals surface area contributed by atoms with E-state index in [1.807, 2.05) is 0 Å². The average molecular weight is 236 g/mol. The molecule has 1 aliphatic heterocycles. The number of aryl methyl sites for hydroxylation is 1. The van der Waals surface area contributed by atoms with Crippen molar-refractivity contribution in [3.8, 4) is 0 Å². The Labute approximate surface area is 102 Å². The molecule has 1 fully saturated rings. The minimum Gasteiger partial charge on any atom is -0.399 e. The third-order valence-corrected chi connectivity index (χ3v) is 4.45. The molecule has 1 unspecified atom stereocenters. The van der Waals surface area contributed by atoms with Crippen LogP contribution in [-0.4, -0.2) is 29.5 Å². The van der Waals surface area contributed by atoms with Crippen LogP contribution in [0.4, 0.5) is 5.69 Å². The number of nitrogens with two attached hydrogens (primary N) is 1. The van der Waals surface area contributed by atoms with E-state index in [0.717, 1.165) is 18.3 Å². The summed E-state index contributed by atoms with van der Waals surface area (Å²) in [6.45, 7) is 3.06. The van der Waals surface area contributed by atoms with Gasteiger partial charge in [0.05, 0.1) is 0 Å². The Hall–Kier alpha value is -0.670. The van der Waals surface area contributed by atoms with E-state index in [1.54, 1.807) is 0 Å². The SMILES string of the molecule is Cc1ccc(CN(C)C2CCSC2)cc1N. The van der Waals surface area contributed by atoms with Gasteiger partial charge < -0.3 is 5.73 Å². The number of benzene rings is 1. The lowest BCUT2D eigenvalue weighted by Gasteiger charge is -2.23. The molecule has 2 rings (SSSR count). The van der Waals surface area contributed by atoms with Crippen LogP contribution in [0.5, 0.6) is 0 Å². The van der Waals surface area contributed by atoms with Gasteiger partial charge in [-0.15, -0.1) is 0 Å². The molecule has 3 heteroatoms. The maximum absolute atomic E-state index is 5.93. The number of hydrogen-bond acceptors (Lipinski definition) is 3. The van der Waals surface area contributed by atoms with Gasteiger partial charge in [0.15, 0.2) is 0 Å². The quantitative estimate of drug-likeness (QED) is 0.818. The Kier molecular flexibility index (Phi) is 3.77. The van der Waals surface area contributed by atoms with Gasteiger partial charge >= 0.3 is 0 Å². The van der Waals surface area contributed by atoms with Crippen molar-refractivity contribution in [3.05, 3.63) is 29.3 Å². The predicted molar refractivity (Wildman–Crippen MR) is 72.8 cm³/mol. The molecule has 0 radical (unpaired) electrons. The second kappa shape index (κ2) is 5.11. The molecule has 1 heterocycles. The van der Waals surface area contributed by atoms with Gasteiger partial charge in [0.25, 0.3) is 0 Å². The van der Waals surface area contributed by atoms with Crippen LogP contribution >= 0.6 is 11.8 Å². The van der Waals surface area contributed by atoms with Gasteiger partial charge in [0.2, 0.25) is 0 Å².